The molecule has 1 saturated heterocycles. The Bertz CT molecular complexity index is 236. The van der Waals surface area contributed by atoms with Crippen LogP contribution in [-0.2, 0) is 4.74 Å². The molecule has 4 heteroatoms. The van der Waals surface area contributed by atoms with Gasteiger partial charge in [0.25, 0.3) is 6.43 Å². The molecule has 2 atom stereocenters. The molecular formula is C13H23F2NO. The quantitative estimate of drug-likeness (QED) is 0.828. The van der Waals surface area contributed by atoms with Crippen LogP contribution in [0.15, 0.2) is 0 Å². The Morgan fingerprint density at radius 3 is 2.53 bits per heavy atom. The number of nitrogens with one attached hydrogen (secondary N) is 1. The van der Waals surface area contributed by atoms with Crippen molar-refractivity contribution >= 4 is 0 Å². The number of hydrogen-bond acceptors (Lipinski definition) is 2. The Kier molecular flexibility index (Phi) is 4.36. The predicted octanol–water partition coefficient (Wildman–Crippen LogP) is 2.97. The fourth-order valence-corrected chi connectivity index (χ4v) is 3.48. The number of ether oxygens (including phenoxy) is 1. The monoisotopic (exact) mass is 247 g/mol. The maximum Gasteiger partial charge on any atom is 0.253 e. The van der Waals surface area contributed by atoms with Gasteiger partial charge in [-0.1, -0.05) is 19.3 Å². The summed E-state index contributed by atoms with van der Waals surface area (Å²) in [6.07, 6.45) is 5.05. The molecule has 2 aliphatic rings. The Hall–Kier alpha value is -0.220. The fourth-order valence-electron chi connectivity index (χ4n) is 3.48. The smallest absolute Gasteiger partial charge is 0.253 e. The number of halogens is 2. The van der Waals surface area contributed by atoms with E-state index in [9.17, 15) is 8.78 Å². The molecule has 1 heterocycles. The van der Waals surface area contributed by atoms with Gasteiger partial charge in [0.05, 0.1) is 11.6 Å². The first-order valence-corrected chi connectivity index (χ1v) is 6.76. The molecule has 0 bridgehead atoms. The van der Waals surface area contributed by atoms with Crippen LogP contribution in [0.4, 0.5) is 8.78 Å². The Labute approximate surface area is 102 Å². The van der Waals surface area contributed by atoms with Gasteiger partial charge in [0.2, 0.25) is 0 Å². The van der Waals surface area contributed by atoms with Gasteiger partial charge in [-0.2, -0.15) is 0 Å². The summed E-state index contributed by atoms with van der Waals surface area (Å²) in [6, 6.07) is -0.669. The van der Waals surface area contributed by atoms with Crippen molar-refractivity contribution in [1.29, 1.82) is 0 Å². The average molecular weight is 247 g/mol. The molecule has 1 N–H and O–H groups in total. The third kappa shape index (κ3) is 2.97. The highest BCUT2D eigenvalue weighted by Crippen LogP contribution is 2.42. The lowest BCUT2D eigenvalue weighted by Crippen LogP contribution is -2.49. The van der Waals surface area contributed by atoms with Crippen LogP contribution in [0, 0.1) is 5.92 Å². The lowest BCUT2D eigenvalue weighted by molar-refractivity contribution is -0.128. The zero-order valence-electron chi connectivity index (χ0n) is 10.6. The van der Waals surface area contributed by atoms with Gasteiger partial charge in [-0.3, -0.25) is 0 Å². The van der Waals surface area contributed by atoms with Crippen molar-refractivity contribution in [3.05, 3.63) is 0 Å². The number of hydrogen-bond donors (Lipinski definition) is 1. The van der Waals surface area contributed by atoms with E-state index in [1.807, 2.05) is 0 Å². The molecule has 17 heavy (non-hydrogen) atoms. The zero-order valence-corrected chi connectivity index (χ0v) is 10.6. The summed E-state index contributed by atoms with van der Waals surface area (Å²) in [7, 11) is 1.64. The summed E-state index contributed by atoms with van der Waals surface area (Å²) in [5.41, 5.74) is -0.0782. The van der Waals surface area contributed by atoms with E-state index in [2.05, 4.69) is 5.32 Å². The first-order valence-electron chi connectivity index (χ1n) is 6.76. The van der Waals surface area contributed by atoms with E-state index in [-0.39, 0.29) is 11.5 Å². The van der Waals surface area contributed by atoms with Crippen LogP contribution in [0.3, 0.4) is 0 Å². The molecule has 2 fully saturated rings. The van der Waals surface area contributed by atoms with Crippen molar-refractivity contribution in [1.82, 2.24) is 5.32 Å². The Morgan fingerprint density at radius 1 is 1.24 bits per heavy atom. The number of rotatable bonds is 3. The van der Waals surface area contributed by atoms with Crippen LogP contribution in [0.5, 0.6) is 0 Å². The maximum atomic E-state index is 12.9. The van der Waals surface area contributed by atoms with Crippen LogP contribution in [0.25, 0.3) is 0 Å². The van der Waals surface area contributed by atoms with Crippen LogP contribution in [-0.4, -0.2) is 31.7 Å². The molecule has 1 aliphatic heterocycles. The minimum atomic E-state index is -2.27. The third-order valence-electron chi connectivity index (χ3n) is 4.41. The van der Waals surface area contributed by atoms with Gasteiger partial charge in [-0.05, 0) is 38.6 Å². The molecule has 2 rings (SSSR count). The summed E-state index contributed by atoms with van der Waals surface area (Å²) >= 11 is 0. The van der Waals surface area contributed by atoms with E-state index in [0.29, 0.717) is 6.61 Å². The predicted molar refractivity (Wildman–Crippen MR) is 63.3 cm³/mol. The molecular weight excluding hydrogens is 224 g/mol. The third-order valence-corrected chi connectivity index (χ3v) is 4.41. The topological polar surface area (TPSA) is 21.3 Å². The van der Waals surface area contributed by atoms with Gasteiger partial charge in [0.1, 0.15) is 0 Å². The molecule has 1 saturated carbocycles. The largest absolute Gasteiger partial charge is 0.375 e. The molecule has 0 aromatic heterocycles. The second-order valence-corrected chi connectivity index (χ2v) is 5.49. The minimum absolute atomic E-state index is 0.0619. The van der Waals surface area contributed by atoms with E-state index < -0.39 is 12.5 Å². The van der Waals surface area contributed by atoms with E-state index in [0.717, 1.165) is 25.7 Å². The summed E-state index contributed by atoms with van der Waals surface area (Å²) in [4.78, 5) is 0. The van der Waals surface area contributed by atoms with Crippen molar-refractivity contribution in [2.24, 2.45) is 5.92 Å². The highest BCUT2D eigenvalue weighted by Gasteiger charge is 2.42. The minimum Gasteiger partial charge on any atom is -0.375 e. The molecule has 0 aromatic rings. The highest BCUT2D eigenvalue weighted by atomic mass is 19.3. The molecule has 1 aliphatic carbocycles. The molecule has 2 unspecified atom stereocenters. The molecule has 1 spiro atoms. The van der Waals surface area contributed by atoms with Crippen molar-refractivity contribution in [3.8, 4) is 0 Å². The van der Waals surface area contributed by atoms with Gasteiger partial charge in [0, 0.05) is 6.61 Å². The Balaban J connectivity index is 2.00. The summed E-state index contributed by atoms with van der Waals surface area (Å²) < 4.78 is 31.8. The Morgan fingerprint density at radius 2 is 1.94 bits per heavy atom. The van der Waals surface area contributed by atoms with Gasteiger partial charge < -0.3 is 10.1 Å². The summed E-state index contributed by atoms with van der Waals surface area (Å²) in [5, 5.41) is 2.79. The van der Waals surface area contributed by atoms with Crippen LogP contribution < -0.4 is 5.32 Å². The van der Waals surface area contributed by atoms with Crippen molar-refractivity contribution in [2.75, 3.05) is 13.7 Å². The van der Waals surface area contributed by atoms with Gasteiger partial charge in [-0.25, -0.2) is 8.78 Å². The fraction of sp³-hybridized carbons (Fsp3) is 1.00. The van der Waals surface area contributed by atoms with Gasteiger partial charge in [-0.15, -0.1) is 0 Å². The van der Waals surface area contributed by atoms with Crippen molar-refractivity contribution in [3.63, 3.8) is 0 Å². The van der Waals surface area contributed by atoms with Gasteiger partial charge >= 0.3 is 0 Å². The standard InChI is InChI=1S/C13H23F2NO/c1-16-11(12(14)15)10-5-8-17-13(9-10)6-3-2-4-7-13/h10-12,16H,2-9H2,1H3. The van der Waals surface area contributed by atoms with E-state index in [1.54, 1.807) is 7.05 Å². The molecule has 0 amide bonds. The van der Waals surface area contributed by atoms with Crippen molar-refractivity contribution in [2.45, 2.75) is 63.0 Å². The SMILES string of the molecule is CNC(C(F)F)C1CCOC2(CCCCC2)C1. The van der Waals surface area contributed by atoms with E-state index in [1.165, 1.54) is 19.3 Å². The van der Waals surface area contributed by atoms with E-state index in [4.69, 9.17) is 4.74 Å². The first kappa shape index (κ1) is 13.2. The normalized spacial score (nSPS) is 30.7. The number of alkyl halides is 2. The lowest BCUT2D eigenvalue weighted by atomic mass is 9.74. The molecule has 100 valence electrons. The highest BCUT2D eigenvalue weighted by molar-refractivity contribution is 4.93. The lowest BCUT2D eigenvalue weighted by Gasteiger charge is -2.45. The maximum absolute atomic E-state index is 12.9. The molecule has 0 radical (unpaired) electrons. The second-order valence-electron chi connectivity index (χ2n) is 5.49. The second kappa shape index (κ2) is 5.61. The zero-order chi connectivity index (χ0) is 12.3. The van der Waals surface area contributed by atoms with Crippen LogP contribution >= 0.6 is 0 Å². The van der Waals surface area contributed by atoms with Crippen LogP contribution in [0.2, 0.25) is 0 Å². The van der Waals surface area contributed by atoms with Crippen molar-refractivity contribution < 1.29 is 13.5 Å². The average Bonchev–Trinajstić information content (AvgIpc) is 2.30. The van der Waals surface area contributed by atoms with E-state index >= 15 is 0 Å². The van der Waals surface area contributed by atoms with Gasteiger partial charge in [0.15, 0.2) is 0 Å². The molecule has 0 aromatic carbocycles. The molecule has 2 nitrogen and oxygen atoms in total. The summed E-state index contributed by atoms with van der Waals surface area (Å²) in [6.45, 7) is 0.648. The summed E-state index contributed by atoms with van der Waals surface area (Å²) in [5.74, 6) is 0.0619. The first-order chi connectivity index (χ1) is 8.17. The van der Waals surface area contributed by atoms with Crippen LogP contribution in [0.1, 0.15) is 44.9 Å².